The maximum absolute atomic E-state index is 14.8. The van der Waals surface area contributed by atoms with E-state index >= 15 is 0 Å². The summed E-state index contributed by atoms with van der Waals surface area (Å²) in [6.07, 6.45) is 5.62. The molecule has 4 aromatic rings. The molecule has 54 heavy (non-hydrogen) atoms. The molecule has 0 spiro atoms. The molecule has 0 atom stereocenters. The fourth-order valence-corrected chi connectivity index (χ4v) is 10.1. The Labute approximate surface area is 308 Å². The molecule has 2 N–H and O–H groups in total. The SMILES string of the molecule is O=C(NC1(C(=O)O)C2CC3CC(C2)CC1C3)c1cnc(-c2nn(C3CCOCC3)c3cc(OC4CCN(c5ncccn5)CC4)ccc23)nc1C(F)(F)F. The molecule has 3 aromatic heterocycles. The van der Waals surface area contributed by atoms with Crippen molar-refractivity contribution in [3.05, 3.63) is 54.1 Å². The third-order valence-corrected chi connectivity index (χ3v) is 12.4. The average molecular weight is 747 g/mol. The molecule has 0 radical (unpaired) electrons. The summed E-state index contributed by atoms with van der Waals surface area (Å²) in [6, 6.07) is 7.09. The van der Waals surface area contributed by atoms with Crippen molar-refractivity contribution in [1.29, 1.82) is 0 Å². The Balaban J connectivity index is 1.02. The van der Waals surface area contributed by atoms with Gasteiger partial charge in [0.25, 0.3) is 5.91 Å². The number of halogens is 3. The van der Waals surface area contributed by atoms with Gasteiger partial charge in [-0.1, -0.05) is 0 Å². The third kappa shape index (κ3) is 6.11. The van der Waals surface area contributed by atoms with Crippen molar-refractivity contribution in [3.63, 3.8) is 0 Å². The maximum atomic E-state index is 14.8. The van der Waals surface area contributed by atoms with Crippen molar-refractivity contribution in [3.8, 4) is 17.3 Å². The predicted octanol–water partition coefficient (Wildman–Crippen LogP) is 5.71. The van der Waals surface area contributed by atoms with Crippen molar-refractivity contribution >= 4 is 28.7 Å². The van der Waals surface area contributed by atoms with E-state index in [0.717, 1.165) is 38.5 Å². The number of aromatic nitrogens is 6. The minimum atomic E-state index is -5.03. The number of aliphatic carboxylic acids is 1. The standard InChI is InChI=1S/C38H41F3N8O5/c39-38(40,41)32-29(34(50)46-37(35(51)52)23-15-21-14-22(17-23)18-24(37)16-21)20-44-33(45-32)31-28-3-2-27(19-30(28)49(47-31)25-6-12-53-13-7-25)54-26-4-10-48(11-5-26)36-42-8-1-9-43-36/h1-3,8-9,19-26H,4-7,10-18H2,(H,46,50)(H,51,52). The summed E-state index contributed by atoms with van der Waals surface area (Å²) in [6.45, 7) is 2.49. The van der Waals surface area contributed by atoms with Gasteiger partial charge in [0.05, 0.1) is 17.1 Å². The Bertz CT molecular complexity index is 2030. The molecule has 1 aromatic carbocycles. The zero-order valence-electron chi connectivity index (χ0n) is 29.5. The lowest BCUT2D eigenvalue weighted by Crippen LogP contribution is -2.70. The summed E-state index contributed by atoms with van der Waals surface area (Å²) in [4.78, 5) is 45.7. The van der Waals surface area contributed by atoms with Gasteiger partial charge in [-0.05, 0) is 86.8 Å². The summed E-state index contributed by atoms with van der Waals surface area (Å²) in [5.74, 6) is -1.23. The number of alkyl halides is 3. The van der Waals surface area contributed by atoms with E-state index in [-0.39, 0.29) is 35.5 Å². The van der Waals surface area contributed by atoms with E-state index in [0.29, 0.717) is 86.2 Å². The number of ether oxygens (including phenoxy) is 2. The second-order valence-corrected chi connectivity index (χ2v) is 15.6. The first-order valence-corrected chi connectivity index (χ1v) is 18.9. The van der Waals surface area contributed by atoms with E-state index in [1.54, 1.807) is 35.3 Å². The summed E-state index contributed by atoms with van der Waals surface area (Å²) < 4.78 is 58.2. The summed E-state index contributed by atoms with van der Waals surface area (Å²) >= 11 is 0. The largest absolute Gasteiger partial charge is 0.490 e. The number of carboxylic acids is 1. The highest BCUT2D eigenvalue weighted by Crippen LogP contribution is 2.58. The van der Waals surface area contributed by atoms with Crippen LogP contribution in [0.3, 0.4) is 0 Å². The van der Waals surface area contributed by atoms with Gasteiger partial charge in [0, 0.05) is 69.2 Å². The van der Waals surface area contributed by atoms with Gasteiger partial charge in [-0.3, -0.25) is 9.48 Å². The Hall–Kier alpha value is -4.86. The number of rotatable bonds is 8. The number of carboxylic acid groups (broad SMARTS) is 1. The quantitative estimate of drug-likeness (QED) is 0.228. The van der Waals surface area contributed by atoms with Crippen molar-refractivity contribution in [2.75, 3.05) is 31.2 Å². The Morgan fingerprint density at radius 3 is 2.28 bits per heavy atom. The third-order valence-electron chi connectivity index (χ3n) is 12.4. The van der Waals surface area contributed by atoms with E-state index in [2.05, 4.69) is 30.2 Å². The maximum Gasteiger partial charge on any atom is 0.434 e. The first kappa shape index (κ1) is 34.9. The van der Waals surface area contributed by atoms with Crippen LogP contribution < -0.4 is 15.0 Å². The van der Waals surface area contributed by atoms with Gasteiger partial charge >= 0.3 is 12.1 Å². The van der Waals surface area contributed by atoms with Gasteiger partial charge in [0.15, 0.2) is 11.5 Å². The second kappa shape index (κ2) is 13.5. The molecule has 2 saturated heterocycles. The number of hydrogen-bond acceptors (Lipinski definition) is 10. The summed E-state index contributed by atoms with van der Waals surface area (Å²) in [5, 5.41) is 18.4. The van der Waals surface area contributed by atoms with E-state index in [4.69, 9.17) is 14.6 Å². The normalized spacial score (nSPS) is 27.4. The predicted molar refractivity (Wildman–Crippen MR) is 188 cm³/mol. The second-order valence-electron chi connectivity index (χ2n) is 15.6. The van der Waals surface area contributed by atoms with Crippen molar-refractivity contribution in [2.45, 2.75) is 81.6 Å². The lowest BCUT2D eigenvalue weighted by Gasteiger charge is -2.59. The monoisotopic (exact) mass is 746 g/mol. The Morgan fingerprint density at radius 1 is 0.944 bits per heavy atom. The molecule has 0 unspecified atom stereocenters. The zero-order valence-corrected chi connectivity index (χ0v) is 29.5. The number of hydrogen-bond donors (Lipinski definition) is 2. The van der Waals surface area contributed by atoms with Crippen LogP contribution in [0.1, 0.15) is 79.9 Å². The minimum Gasteiger partial charge on any atom is -0.490 e. The molecule has 2 aliphatic heterocycles. The van der Waals surface area contributed by atoms with Gasteiger partial charge < -0.3 is 24.8 Å². The van der Waals surface area contributed by atoms with E-state index in [9.17, 15) is 27.9 Å². The van der Waals surface area contributed by atoms with Crippen LogP contribution in [0.5, 0.6) is 5.75 Å². The van der Waals surface area contributed by atoms with Gasteiger partial charge in [0.2, 0.25) is 5.95 Å². The van der Waals surface area contributed by atoms with Crippen LogP contribution in [-0.4, -0.2) is 84.6 Å². The number of nitrogens with zero attached hydrogens (tertiary/aromatic N) is 7. The molecular formula is C38H41F3N8O5. The van der Waals surface area contributed by atoms with Gasteiger partial charge in [-0.2, -0.15) is 18.3 Å². The molecule has 284 valence electrons. The molecule has 16 heteroatoms. The highest BCUT2D eigenvalue weighted by Gasteiger charge is 2.62. The summed E-state index contributed by atoms with van der Waals surface area (Å²) in [5.41, 5.74) is -3.07. The molecule has 10 rings (SSSR count). The van der Waals surface area contributed by atoms with Gasteiger partial charge in [-0.15, -0.1) is 0 Å². The molecule has 4 aliphatic carbocycles. The van der Waals surface area contributed by atoms with E-state index in [1.165, 1.54) is 0 Å². The van der Waals surface area contributed by atoms with Crippen LogP contribution in [0.15, 0.2) is 42.9 Å². The molecule has 4 bridgehead atoms. The van der Waals surface area contributed by atoms with Gasteiger partial charge in [-0.25, -0.2) is 24.7 Å². The molecule has 1 amide bonds. The van der Waals surface area contributed by atoms with Crippen molar-refractivity contribution < 1.29 is 37.3 Å². The first-order valence-electron chi connectivity index (χ1n) is 18.9. The number of benzene rings is 1. The highest BCUT2D eigenvalue weighted by atomic mass is 19.4. The minimum absolute atomic E-state index is 0.0585. The number of fused-ring (bicyclic) bond motifs is 1. The van der Waals surface area contributed by atoms with Crippen molar-refractivity contribution in [1.82, 2.24) is 35.0 Å². The van der Waals surface area contributed by atoms with E-state index in [1.807, 2.05) is 6.07 Å². The number of amides is 1. The number of carbonyl (C=O) groups excluding carboxylic acids is 1. The molecule has 4 saturated carbocycles. The smallest absolute Gasteiger partial charge is 0.434 e. The van der Waals surface area contributed by atoms with Gasteiger partial charge in [0.1, 0.15) is 23.1 Å². The van der Waals surface area contributed by atoms with Crippen LogP contribution in [0.25, 0.3) is 22.4 Å². The first-order chi connectivity index (χ1) is 26.1. The van der Waals surface area contributed by atoms with E-state index < -0.39 is 34.8 Å². The zero-order chi connectivity index (χ0) is 37.2. The Morgan fingerprint density at radius 2 is 1.63 bits per heavy atom. The summed E-state index contributed by atoms with van der Waals surface area (Å²) in [7, 11) is 0. The number of piperidine rings is 1. The number of nitrogens with one attached hydrogen (secondary N) is 1. The highest BCUT2D eigenvalue weighted by molar-refractivity contribution is 5.99. The topological polar surface area (TPSA) is 157 Å². The number of anilines is 1. The molecule has 5 heterocycles. The lowest BCUT2D eigenvalue weighted by molar-refractivity contribution is -0.163. The molecule has 13 nitrogen and oxygen atoms in total. The van der Waals surface area contributed by atoms with Crippen molar-refractivity contribution in [2.24, 2.45) is 23.7 Å². The van der Waals surface area contributed by atoms with Crippen LogP contribution in [0, 0.1) is 23.7 Å². The molecule has 6 fully saturated rings. The Kier molecular flexibility index (Phi) is 8.70. The molecule has 6 aliphatic rings. The van der Waals surface area contributed by atoms with Crippen LogP contribution in [-0.2, 0) is 15.7 Å². The van der Waals surface area contributed by atoms with Crippen LogP contribution >= 0.6 is 0 Å². The van der Waals surface area contributed by atoms with Crippen LogP contribution in [0.2, 0.25) is 0 Å². The average Bonchev–Trinajstić information content (AvgIpc) is 3.55. The lowest BCUT2D eigenvalue weighted by atomic mass is 9.48. The van der Waals surface area contributed by atoms with Crippen LogP contribution in [0.4, 0.5) is 19.1 Å². The number of carbonyl (C=O) groups is 2. The molecular weight excluding hydrogens is 705 g/mol. The fourth-order valence-electron chi connectivity index (χ4n) is 10.1. The fraction of sp³-hybridized carbons (Fsp3) is 0.553.